The first-order valence-electron chi connectivity index (χ1n) is 12.2. The summed E-state index contributed by atoms with van der Waals surface area (Å²) >= 11 is 0. The Kier molecular flexibility index (Phi) is 7.82. The van der Waals surface area contributed by atoms with Crippen LogP contribution in [0.5, 0.6) is 0 Å². The number of anilines is 3. The van der Waals surface area contributed by atoms with Crippen molar-refractivity contribution < 1.29 is 14.7 Å². The predicted molar refractivity (Wildman–Crippen MR) is 146 cm³/mol. The molecule has 10 nitrogen and oxygen atoms in total. The minimum absolute atomic E-state index is 0.0229. The summed E-state index contributed by atoms with van der Waals surface area (Å²) in [6, 6.07) is 21.6. The molecule has 1 unspecified atom stereocenters. The Labute approximate surface area is 221 Å². The van der Waals surface area contributed by atoms with Crippen LogP contribution < -0.4 is 15.5 Å². The van der Waals surface area contributed by atoms with Gasteiger partial charge in [-0.25, -0.2) is 4.79 Å². The molecular weight excluding hydrogens is 482 g/mol. The number of amides is 3. The molecule has 3 aromatic carbocycles. The Morgan fingerprint density at radius 2 is 1.71 bits per heavy atom. The lowest BCUT2D eigenvalue weighted by atomic mass is 9.87. The van der Waals surface area contributed by atoms with Gasteiger partial charge in [-0.05, 0) is 70.6 Å². The summed E-state index contributed by atoms with van der Waals surface area (Å²) in [5, 5.41) is 28.6. The number of aliphatic hydroxyl groups is 1. The first-order chi connectivity index (χ1) is 18.1. The second-order valence-corrected chi connectivity index (χ2v) is 10.0. The average Bonchev–Trinajstić information content (AvgIpc) is 3.40. The number of benzene rings is 3. The highest BCUT2D eigenvalue weighted by atomic mass is 16.3. The van der Waals surface area contributed by atoms with Crippen LogP contribution in [0.3, 0.4) is 0 Å². The third-order valence-corrected chi connectivity index (χ3v) is 6.04. The molecule has 0 spiro atoms. The predicted octanol–water partition coefficient (Wildman–Crippen LogP) is 5.04. The number of nitrogens with zero attached hydrogens (tertiary/aromatic N) is 4. The zero-order valence-corrected chi connectivity index (χ0v) is 21.8. The van der Waals surface area contributed by atoms with E-state index in [0.29, 0.717) is 16.8 Å². The van der Waals surface area contributed by atoms with E-state index in [0.717, 1.165) is 16.8 Å². The lowest BCUT2D eigenvalue weighted by Gasteiger charge is -2.25. The normalized spacial score (nSPS) is 12.0. The van der Waals surface area contributed by atoms with Crippen LogP contribution in [0, 0.1) is 0 Å². The fourth-order valence-corrected chi connectivity index (χ4v) is 3.82. The third kappa shape index (κ3) is 6.60. The van der Waals surface area contributed by atoms with Gasteiger partial charge in [0.25, 0.3) is 11.9 Å². The van der Waals surface area contributed by atoms with E-state index in [-0.39, 0.29) is 29.8 Å². The standard InChI is InChI=1S/C28H31N7O3/c1-18(36)21-6-5-7-23(16-21)29-27(38)35(24-14-12-22(13-15-24)28(2,3)4)17-19-8-10-20(11-9-19)25(37)30-26-31-33-34-32-26/h5-16,18,36H,17H2,1-4H3,(H,29,38)(H2,30,31,32,33,34,37). The number of carbonyl (C=O) groups excluding carboxylic acids is 2. The van der Waals surface area contributed by atoms with Crippen molar-refractivity contribution in [2.45, 2.75) is 45.8 Å². The van der Waals surface area contributed by atoms with Crippen molar-refractivity contribution in [3.63, 3.8) is 0 Å². The summed E-state index contributed by atoms with van der Waals surface area (Å²) in [7, 11) is 0. The van der Waals surface area contributed by atoms with E-state index < -0.39 is 6.10 Å². The highest BCUT2D eigenvalue weighted by Crippen LogP contribution is 2.27. The summed E-state index contributed by atoms with van der Waals surface area (Å²) in [6.07, 6.45) is -0.649. The molecule has 0 radical (unpaired) electrons. The van der Waals surface area contributed by atoms with E-state index >= 15 is 0 Å². The molecule has 0 aliphatic carbocycles. The minimum atomic E-state index is -0.649. The van der Waals surface area contributed by atoms with Crippen LogP contribution in [0.1, 0.15) is 60.8 Å². The van der Waals surface area contributed by atoms with Crippen LogP contribution in [-0.2, 0) is 12.0 Å². The van der Waals surface area contributed by atoms with E-state index in [1.54, 1.807) is 60.4 Å². The molecule has 0 saturated carbocycles. The number of aromatic amines is 1. The first-order valence-corrected chi connectivity index (χ1v) is 12.2. The molecular formula is C28H31N7O3. The summed E-state index contributed by atoms with van der Waals surface area (Å²) in [4.78, 5) is 27.6. The zero-order valence-electron chi connectivity index (χ0n) is 21.8. The summed E-state index contributed by atoms with van der Waals surface area (Å²) < 4.78 is 0. The second-order valence-electron chi connectivity index (χ2n) is 10.0. The molecule has 4 rings (SSSR count). The number of urea groups is 1. The minimum Gasteiger partial charge on any atom is -0.389 e. The zero-order chi connectivity index (χ0) is 27.3. The van der Waals surface area contributed by atoms with Gasteiger partial charge in [-0.1, -0.05) is 62.3 Å². The van der Waals surface area contributed by atoms with Gasteiger partial charge in [0.15, 0.2) is 0 Å². The van der Waals surface area contributed by atoms with Gasteiger partial charge in [0.2, 0.25) is 0 Å². The SMILES string of the molecule is CC(O)c1cccc(NC(=O)N(Cc2ccc(C(=O)Nc3nn[nH]n3)cc2)c2ccc(C(C)(C)C)cc2)c1. The smallest absolute Gasteiger partial charge is 0.326 e. The van der Waals surface area contributed by atoms with Crippen molar-refractivity contribution >= 4 is 29.3 Å². The van der Waals surface area contributed by atoms with Gasteiger partial charge >= 0.3 is 6.03 Å². The van der Waals surface area contributed by atoms with Crippen molar-refractivity contribution in [3.8, 4) is 0 Å². The lowest BCUT2D eigenvalue weighted by molar-refractivity contribution is 0.102. The highest BCUT2D eigenvalue weighted by molar-refractivity contribution is 6.03. The van der Waals surface area contributed by atoms with Gasteiger partial charge < -0.3 is 10.4 Å². The van der Waals surface area contributed by atoms with Gasteiger partial charge in [0.1, 0.15) is 0 Å². The van der Waals surface area contributed by atoms with Gasteiger partial charge in [-0.3, -0.25) is 15.0 Å². The molecule has 1 aromatic heterocycles. The molecule has 3 amide bonds. The largest absolute Gasteiger partial charge is 0.389 e. The topological polar surface area (TPSA) is 136 Å². The summed E-state index contributed by atoms with van der Waals surface area (Å²) in [6.45, 7) is 8.35. The van der Waals surface area contributed by atoms with Crippen LogP contribution in [0.2, 0.25) is 0 Å². The molecule has 0 aliphatic rings. The highest BCUT2D eigenvalue weighted by Gasteiger charge is 2.20. The maximum absolute atomic E-state index is 13.5. The third-order valence-electron chi connectivity index (χ3n) is 6.04. The monoisotopic (exact) mass is 513 g/mol. The van der Waals surface area contributed by atoms with Gasteiger partial charge in [0, 0.05) is 16.9 Å². The van der Waals surface area contributed by atoms with Crippen molar-refractivity contribution in [2.24, 2.45) is 0 Å². The Hall–Kier alpha value is -4.57. The summed E-state index contributed by atoms with van der Waals surface area (Å²) in [5.74, 6) is -0.288. The molecule has 4 aromatic rings. The molecule has 196 valence electrons. The van der Waals surface area contributed by atoms with Crippen LogP contribution in [0.25, 0.3) is 0 Å². The Morgan fingerprint density at radius 3 is 2.32 bits per heavy atom. The molecule has 0 aliphatic heterocycles. The number of H-pyrrole nitrogens is 1. The van der Waals surface area contributed by atoms with Crippen molar-refractivity contribution in [2.75, 3.05) is 15.5 Å². The number of aromatic nitrogens is 4. The van der Waals surface area contributed by atoms with Crippen molar-refractivity contribution in [1.29, 1.82) is 0 Å². The van der Waals surface area contributed by atoms with Gasteiger partial charge in [-0.15, -0.1) is 5.10 Å². The molecule has 0 bridgehead atoms. The van der Waals surface area contributed by atoms with E-state index in [4.69, 9.17) is 0 Å². The molecule has 0 saturated heterocycles. The van der Waals surface area contributed by atoms with Gasteiger partial charge in [-0.2, -0.15) is 5.21 Å². The summed E-state index contributed by atoms with van der Waals surface area (Å²) in [5.41, 5.74) is 4.39. The van der Waals surface area contributed by atoms with Crippen LogP contribution in [0.15, 0.2) is 72.8 Å². The van der Waals surface area contributed by atoms with Crippen molar-refractivity contribution in [1.82, 2.24) is 20.6 Å². The van der Waals surface area contributed by atoms with E-state index in [1.807, 2.05) is 24.3 Å². The van der Waals surface area contributed by atoms with Gasteiger partial charge in [0.05, 0.1) is 12.6 Å². The number of nitrogens with one attached hydrogen (secondary N) is 3. The van der Waals surface area contributed by atoms with Crippen LogP contribution >= 0.6 is 0 Å². The number of rotatable bonds is 7. The Balaban J connectivity index is 1.57. The van der Waals surface area contributed by atoms with E-state index in [2.05, 4.69) is 52.0 Å². The molecule has 4 N–H and O–H groups in total. The molecule has 0 fully saturated rings. The second kappa shape index (κ2) is 11.2. The maximum Gasteiger partial charge on any atom is 0.326 e. The molecule has 38 heavy (non-hydrogen) atoms. The fraction of sp³-hybridized carbons (Fsp3) is 0.250. The lowest BCUT2D eigenvalue weighted by Crippen LogP contribution is -2.34. The maximum atomic E-state index is 13.5. The van der Waals surface area contributed by atoms with Crippen molar-refractivity contribution in [3.05, 3.63) is 95.1 Å². The van der Waals surface area contributed by atoms with Crippen LogP contribution in [0.4, 0.5) is 22.1 Å². The molecule has 1 atom stereocenters. The number of hydrogen-bond acceptors (Lipinski definition) is 6. The molecule has 1 heterocycles. The van der Waals surface area contributed by atoms with E-state index in [1.165, 1.54) is 0 Å². The fourth-order valence-electron chi connectivity index (χ4n) is 3.82. The quantitative estimate of drug-likeness (QED) is 0.273. The Bertz CT molecular complexity index is 1380. The van der Waals surface area contributed by atoms with E-state index in [9.17, 15) is 14.7 Å². The number of carbonyl (C=O) groups is 2. The average molecular weight is 514 g/mol. The number of aliphatic hydroxyl groups excluding tert-OH is 1. The number of hydrogen-bond donors (Lipinski definition) is 4. The first kappa shape index (κ1) is 26.5. The van der Waals surface area contributed by atoms with Crippen LogP contribution in [-0.4, -0.2) is 37.7 Å². The Morgan fingerprint density at radius 1 is 1.00 bits per heavy atom. The number of tetrazole rings is 1. The molecule has 10 heteroatoms.